The molecular formula is C11H12O. The Morgan fingerprint density at radius 1 is 1.50 bits per heavy atom. The minimum absolute atomic E-state index is 0. The Morgan fingerprint density at radius 3 is 3.17 bits per heavy atom. The Hall–Kier alpha value is -1.42. The topological polar surface area (TPSA) is 9.23 Å². The summed E-state index contributed by atoms with van der Waals surface area (Å²) in [6.45, 7) is 0.742. The number of para-hydroxylation sites is 1. The summed E-state index contributed by atoms with van der Waals surface area (Å²) in [5.74, 6) is 3.98. The first-order valence-electron chi connectivity index (χ1n) is 4.09. The van der Waals surface area contributed by atoms with Crippen molar-refractivity contribution in [3.8, 4) is 18.1 Å². The normalized spacial score (nSPS) is 20.4. The average Bonchev–Trinajstić information content (AvgIpc) is 2.17. The summed E-state index contributed by atoms with van der Waals surface area (Å²) in [7, 11) is 0. The Morgan fingerprint density at radius 2 is 2.33 bits per heavy atom. The zero-order valence-electron chi connectivity index (χ0n) is 6.79. The lowest BCUT2D eigenvalue weighted by Crippen LogP contribution is -2.12. The number of benzene rings is 1. The van der Waals surface area contributed by atoms with Crippen molar-refractivity contribution in [3.63, 3.8) is 0 Å². The van der Waals surface area contributed by atoms with Gasteiger partial charge in [-0.25, -0.2) is 0 Å². The molecular weight excluding hydrogens is 148 g/mol. The van der Waals surface area contributed by atoms with E-state index in [1.54, 1.807) is 0 Å². The zero-order valence-corrected chi connectivity index (χ0v) is 6.79. The Kier molecular flexibility index (Phi) is 1.75. The highest BCUT2D eigenvalue weighted by molar-refractivity contribution is 5.41. The van der Waals surface area contributed by atoms with E-state index in [9.17, 15) is 0 Å². The van der Waals surface area contributed by atoms with Gasteiger partial charge in [0.25, 0.3) is 0 Å². The number of hydrogen-bond donors (Lipinski definition) is 0. The predicted molar refractivity (Wildman–Crippen MR) is 50.2 cm³/mol. The van der Waals surface area contributed by atoms with Crippen molar-refractivity contribution in [1.82, 2.24) is 0 Å². The summed E-state index contributed by atoms with van der Waals surface area (Å²) >= 11 is 0. The predicted octanol–water partition coefficient (Wildman–Crippen LogP) is 2.43. The summed E-state index contributed by atoms with van der Waals surface area (Å²) in [5, 5.41) is 0. The standard InChI is InChI=1S/C11H10O.H2/c1-2-9-7-8-12-11-6-4-3-5-10(9)11;/h1,3-6,9H,7-8H2;1H/t9-;/m0./s1. The van der Waals surface area contributed by atoms with Crippen molar-refractivity contribution >= 4 is 0 Å². The van der Waals surface area contributed by atoms with E-state index in [2.05, 4.69) is 5.92 Å². The van der Waals surface area contributed by atoms with Crippen molar-refractivity contribution in [1.29, 1.82) is 0 Å². The van der Waals surface area contributed by atoms with Gasteiger partial charge in [0.15, 0.2) is 0 Å². The van der Waals surface area contributed by atoms with Crippen LogP contribution in [0, 0.1) is 12.3 Å². The lowest BCUT2D eigenvalue weighted by atomic mass is 9.94. The van der Waals surface area contributed by atoms with Crippen molar-refractivity contribution in [2.24, 2.45) is 0 Å². The minimum Gasteiger partial charge on any atom is -0.493 e. The molecule has 0 N–H and O–H groups in total. The largest absolute Gasteiger partial charge is 0.493 e. The van der Waals surface area contributed by atoms with Crippen molar-refractivity contribution in [3.05, 3.63) is 29.8 Å². The first-order chi connectivity index (χ1) is 5.92. The average molecular weight is 160 g/mol. The second-order valence-electron chi connectivity index (χ2n) is 2.89. The molecule has 62 valence electrons. The van der Waals surface area contributed by atoms with Crippen molar-refractivity contribution in [2.75, 3.05) is 6.61 Å². The van der Waals surface area contributed by atoms with Crippen molar-refractivity contribution in [2.45, 2.75) is 12.3 Å². The van der Waals surface area contributed by atoms with Crippen LogP contribution in [0.15, 0.2) is 24.3 Å². The zero-order chi connectivity index (χ0) is 8.39. The molecule has 0 aliphatic carbocycles. The molecule has 12 heavy (non-hydrogen) atoms. The van der Waals surface area contributed by atoms with Crippen molar-refractivity contribution < 1.29 is 6.16 Å². The molecule has 0 saturated carbocycles. The van der Waals surface area contributed by atoms with Crippen LogP contribution in [-0.4, -0.2) is 6.61 Å². The van der Waals surface area contributed by atoms with Crippen LogP contribution in [0.5, 0.6) is 5.75 Å². The van der Waals surface area contributed by atoms with E-state index < -0.39 is 0 Å². The smallest absolute Gasteiger partial charge is 0.123 e. The third kappa shape index (κ3) is 1.06. The van der Waals surface area contributed by atoms with Gasteiger partial charge in [-0.3, -0.25) is 0 Å². The maximum absolute atomic E-state index is 5.46. The number of terminal acetylenes is 1. The molecule has 1 heterocycles. The van der Waals surface area contributed by atoms with Crippen LogP contribution in [0.3, 0.4) is 0 Å². The molecule has 1 aromatic carbocycles. The van der Waals surface area contributed by atoms with Crippen LogP contribution < -0.4 is 4.74 Å². The Bertz CT molecular complexity index is 327. The minimum atomic E-state index is 0. The SMILES string of the molecule is C#C[C@H]1CCOc2ccccc21.[HH]. The molecule has 0 aromatic heterocycles. The molecule has 1 aromatic rings. The quantitative estimate of drug-likeness (QED) is 0.530. The second-order valence-corrected chi connectivity index (χ2v) is 2.89. The number of fused-ring (bicyclic) bond motifs is 1. The van der Waals surface area contributed by atoms with Crippen LogP contribution >= 0.6 is 0 Å². The fraction of sp³-hybridized carbons (Fsp3) is 0.273. The number of ether oxygens (including phenoxy) is 1. The van der Waals surface area contributed by atoms with Crippen LogP contribution in [0.25, 0.3) is 0 Å². The highest BCUT2D eigenvalue weighted by Crippen LogP contribution is 2.32. The fourth-order valence-corrected chi connectivity index (χ4v) is 1.52. The highest BCUT2D eigenvalue weighted by Gasteiger charge is 2.17. The van der Waals surface area contributed by atoms with E-state index in [0.29, 0.717) is 0 Å². The number of rotatable bonds is 0. The molecule has 0 spiro atoms. The molecule has 1 nitrogen and oxygen atoms in total. The van der Waals surface area contributed by atoms with Crippen LogP contribution in [0.4, 0.5) is 0 Å². The lowest BCUT2D eigenvalue weighted by molar-refractivity contribution is 0.281. The fourth-order valence-electron chi connectivity index (χ4n) is 1.52. The summed E-state index contributed by atoms with van der Waals surface area (Å²) in [6, 6.07) is 7.98. The second kappa shape index (κ2) is 2.91. The van der Waals surface area contributed by atoms with Gasteiger partial charge in [-0.2, -0.15) is 0 Å². The lowest BCUT2D eigenvalue weighted by Gasteiger charge is -2.21. The van der Waals surface area contributed by atoms with Gasteiger partial charge >= 0.3 is 0 Å². The van der Waals surface area contributed by atoms with E-state index in [1.807, 2.05) is 24.3 Å². The van der Waals surface area contributed by atoms with Gasteiger partial charge in [0.05, 0.1) is 12.5 Å². The first-order valence-corrected chi connectivity index (χ1v) is 4.09. The summed E-state index contributed by atoms with van der Waals surface area (Å²) in [5.41, 5.74) is 1.16. The Balaban J connectivity index is 0.000000845. The highest BCUT2D eigenvalue weighted by atomic mass is 16.5. The molecule has 1 aliphatic rings. The molecule has 1 heteroatoms. The molecule has 0 amide bonds. The molecule has 0 saturated heterocycles. The summed E-state index contributed by atoms with van der Waals surface area (Å²) in [4.78, 5) is 0. The van der Waals surface area contributed by atoms with Gasteiger partial charge in [-0.1, -0.05) is 24.1 Å². The summed E-state index contributed by atoms with van der Waals surface area (Å²) in [6.07, 6.45) is 6.35. The molecule has 0 fully saturated rings. The maximum atomic E-state index is 5.46. The maximum Gasteiger partial charge on any atom is 0.123 e. The molecule has 0 unspecified atom stereocenters. The van der Waals surface area contributed by atoms with Gasteiger partial charge < -0.3 is 4.74 Å². The van der Waals surface area contributed by atoms with E-state index in [-0.39, 0.29) is 7.34 Å². The molecule has 0 bridgehead atoms. The van der Waals surface area contributed by atoms with E-state index in [4.69, 9.17) is 11.2 Å². The van der Waals surface area contributed by atoms with Crippen LogP contribution in [0.2, 0.25) is 0 Å². The van der Waals surface area contributed by atoms with Crippen LogP contribution in [0.1, 0.15) is 19.3 Å². The van der Waals surface area contributed by atoms with Gasteiger partial charge in [0, 0.05) is 6.99 Å². The van der Waals surface area contributed by atoms with E-state index >= 15 is 0 Å². The molecule has 2 rings (SSSR count). The van der Waals surface area contributed by atoms with Gasteiger partial charge in [-0.15, -0.1) is 6.42 Å². The van der Waals surface area contributed by atoms with Gasteiger partial charge in [-0.05, 0) is 12.5 Å². The van der Waals surface area contributed by atoms with Crippen LogP contribution in [-0.2, 0) is 0 Å². The molecule has 0 radical (unpaired) electrons. The van der Waals surface area contributed by atoms with E-state index in [0.717, 1.165) is 24.3 Å². The first kappa shape index (κ1) is 7.24. The molecule has 1 atom stereocenters. The molecule has 1 aliphatic heterocycles. The third-order valence-corrected chi connectivity index (χ3v) is 2.16. The summed E-state index contributed by atoms with van der Waals surface area (Å²) < 4.78 is 5.46. The monoisotopic (exact) mass is 160 g/mol. The van der Waals surface area contributed by atoms with Gasteiger partial charge in [0.2, 0.25) is 0 Å². The Labute approximate surface area is 73.8 Å². The number of hydrogen-bond acceptors (Lipinski definition) is 1. The van der Waals surface area contributed by atoms with Gasteiger partial charge in [0.1, 0.15) is 5.75 Å². The third-order valence-electron chi connectivity index (χ3n) is 2.16. The van der Waals surface area contributed by atoms with E-state index in [1.165, 1.54) is 0 Å².